The van der Waals surface area contributed by atoms with E-state index in [2.05, 4.69) is 5.32 Å². The van der Waals surface area contributed by atoms with Crippen molar-refractivity contribution in [3.05, 3.63) is 62.5 Å². The normalized spacial score (nSPS) is 12.3. The molecule has 0 saturated carbocycles. The lowest BCUT2D eigenvalue weighted by atomic mass is 10.1. The van der Waals surface area contributed by atoms with Gasteiger partial charge in [-0.1, -0.05) is 6.07 Å². The maximum absolute atomic E-state index is 13.0. The Morgan fingerprint density at radius 2 is 1.38 bits per heavy atom. The molecule has 1 nitrogen and oxygen atoms in total. The van der Waals surface area contributed by atoms with Gasteiger partial charge in [-0.15, -0.1) is 0 Å². The maximum atomic E-state index is 13.0. The Bertz CT molecular complexity index is 705. The van der Waals surface area contributed by atoms with E-state index in [1.165, 1.54) is 12.1 Å². The molecule has 2 rings (SSSR count). The van der Waals surface area contributed by atoms with Crippen molar-refractivity contribution in [3.63, 3.8) is 0 Å². The van der Waals surface area contributed by atoms with E-state index in [1.54, 1.807) is 0 Å². The summed E-state index contributed by atoms with van der Waals surface area (Å²) in [5.74, 6) is -0.485. The zero-order chi connectivity index (χ0) is 18.1. The van der Waals surface area contributed by atoms with Crippen molar-refractivity contribution in [2.24, 2.45) is 0 Å². The molecular formula is C15H9F7IN. The molecule has 2 aromatic rings. The first kappa shape index (κ1) is 18.8. The van der Waals surface area contributed by atoms with E-state index in [9.17, 15) is 30.7 Å². The Morgan fingerprint density at radius 3 is 1.83 bits per heavy atom. The molecule has 2 aromatic carbocycles. The number of alkyl halides is 6. The number of nitrogens with one attached hydrogen (secondary N) is 1. The van der Waals surface area contributed by atoms with Crippen molar-refractivity contribution in [1.29, 1.82) is 0 Å². The second kappa shape index (κ2) is 6.77. The predicted molar refractivity (Wildman–Crippen MR) is 82.9 cm³/mol. The smallest absolute Gasteiger partial charge is 0.381 e. The van der Waals surface area contributed by atoms with Crippen molar-refractivity contribution in [1.82, 2.24) is 0 Å². The molecule has 0 fully saturated rings. The lowest BCUT2D eigenvalue weighted by Crippen LogP contribution is -2.12. The minimum Gasteiger partial charge on any atom is -0.381 e. The first-order chi connectivity index (χ1) is 11.0. The zero-order valence-electron chi connectivity index (χ0n) is 11.7. The van der Waals surface area contributed by atoms with Crippen molar-refractivity contribution >= 4 is 28.3 Å². The molecule has 0 radical (unpaired) electrons. The highest BCUT2D eigenvalue weighted by Crippen LogP contribution is 2.37. The third kappa shape index (κ3) is 4.74. The number of anilines is 1. The zero-order valence-corrected chi connectivity index (χ0v) is 13.9. The third-order valence-electron chi connectivity index (χ3n) is 3.09. The highest BCUT2D eigenvalue weighted by Gasteiger charge is 2.36. The van der Waals surface area contributed by atoms with Gasteiger partial charge in [0.25, 0.3) is 0 Å². The lowest BCUT2D eigenvalue weighted by Gasteiger charge is -2.15. The second-order valence-electron chi connectivity index (χ2n) is 4.88. The molecule has 0 aliphatic rings. The fourth-order valence-electron chi connectivity index (χ4n) is 1.92. The Balaban J connectivity index is 2.32. The van der Waals surface area contributed by atoms with Crippen LogP contribution in [0.5, 0.6) is 0 Å². The van der Waals surface area contributed by atoms with Crippen LogP contribution >= 0.6 is 22.6 Å². The summed E-state index contributed by atoms with van der Waals surface area (Å²) in [7, 11) is 0. The van der Waals surface area contributed by atoms with Crippen LogP contribution in [-0.4, -0.2) is 0 Å². The van der Waals surface area contributed by atoms with Crippen LogP contribution < -0.4 is 5.32 Å². The van der Waals surface area contributed by atoms with Crippen molar-refractivity contribution in [2.75, 3.05) is 5.32 Å². The summed E-state index contributed by atoms with van der Waals surface area (Å²) in [5, 5.41) is 2.52. The molecule has 130 valence electrons. The molecule has 0 aromatic heterocycles. The minimum absolute atomic E-state index is 0.0445. The van der Waals surface area contributed by atoms with Crippen LogP contribution in [0.25, 0.3) is 0 Å². The molecule has 9 heteroatoms. The second-order valence-corrected chi connectivity index (χ2v) is 6.05. The van der Waals surface area contributed by atoms with Gasteiger partial charge in [0.1, 0.15) is 5.82 Å². The molecule has 1 N–H and O–H groups in total. The average Bonchev–Trinajstić information content (AvgIpc) is 2.44. The number of hydrogen-bond acceptors (Lipinski definition) is 1. The van der Waals surface area contributed by atoms with Gasteiger partial charge in [0.15, 0.2) is 0 Å². The SMILES string of the molecule is Fc1ccc(CNc2cc(C(F)(F)F)cc(C(F)(F)F)c2)c(I)c1. The highest BCUT2D eigenvalue weighted by molar-refractivity contribution is 14.1. The molecule has 0 unspecified atom stereocenters. The van der Waals surface area contributed by atoms with E-state index in [1.807, 2.05) is 22.6 Å². The summed E-state index contributed by atoms with van der Waals surface area (Å²) < 4.78 is 90.1. The molecule has 0 atom stereocenters. The molecular weight excluding hydrogens is 454 g/mol. The molecule has 0 aliphatic carbocycles. The Morgan fingerprint density at radius 1 is 0.833 bits per heavy atom. The molecule has 0 saturated heterocycles. The molecule has 24 heavy (non-hydrogen) atoms. The van der Waals surface area contributed by atoms with Crippen molar-refractivity contribution in [2.45, 2.75) is 18.9 Å². The van der Waals surface area contributed by atoms with Gasteiger partial charge in [0.2, 0.25) is 0 Å². The topological polar surface area (TPSA) is 12.0 Å². The summed E-state index contributed by atoms with van der Waals surface area (Å²) in [6.07, 6.45) is -9.80. The van der Waals surface area contributed by atoms with Gasteiger partial charge in [0, 0.05) is 15.8 Å². The molecule has 0 aliphatic heterocycles. The van der Waals surface area contributed by atoms with Gasteiger partial charge in [-0.05, 0) is 58.5 Å². The minimum atomic E-state index is -4.90. The Hall–Kier alpha value is -1.52. The number of hydrogen-bond donors (Lipinski definition) is 1. The Labute approximate surface area is 146 Å². The van der Waals surface area contributed by atoms with E-state index in [4.69, 9.17) is 0 Å². The van der Waals surface area contributed by atoms with E-state index < -0.39 is 29.3 Å². The van der Waals surface area contributed by atoms with Gasteiger partial charge < -0.3 is 5.32 Å². The monoisotopic (exact) mass is 463 g/mol. The lowest BCUT2D eigenvalue weighted by molar-refractivity contribution is -0.143. The van der Waals surface area contributed by atoms with Gasteiger partial charge in [-0.3, -0.25) is 0 Å². The van der Waals surface area contributed by atoms with Crippen LogP contribution in [0.15, 0.2) is 36.4 Å². The molecule has 0 amide bonds. The van der Waals surface area contributed by atoms with Crippen LogP contribution in [0.4, 0.5) is 36.4 Å². The van der Waals surface area contributed by atoms with Crippen LogP contribution in [0.2, 0.25) is 0 Å². The van der Waals surface area contributed by atoms with Gasteiger partial charge in [0.05, 0.1) is 11.1 Å². The fraction of sp³-hybridized carbons (Fsp3) is 0.200. The van der Waals surface area contributed by atoms with E-state index in [0.717, 1.165) is 6.07 Å². The third-order valence-corrected chi connectivity index (χ3v) is 4.09. The predicted octanol–water partition coefficient (Wildman–Crippen LogP) is 6.08. The summed E-state index contributed by atoms with van der Waals surface area (Å²) in [6, 6.07) is 5.05. The summed E-state index contributed by atoms with van der Waals surface area (Å²) in [5.41, 5.74) is -2.57. The van der Waals surface area contributed by atoms with Crippen molar-refractivity contribution < 1.29 is 30.7 Å². The number of halogens is 8. The van der Waals surface area contributed by atoms with Crippen LogP contribution in [0, 0.1) is 9.39 Å². The first-order valence-corrected chi connectivity index (χ1v) is 7.52. The van der Waals surface area contributed by atoms with Crippen LogP contribution in [0.3, 0.4) is 0 Å². The summed E-state index contributed by atoms with van der Waals surface area (Å²) in [4.78, 5) is 0. The summed E-state index contributed by atoms with van der Waals surface area (Å²) >= 11 is 1.83. The average molecular weight is 463 g/mol. The van der Waals surface area contributed by atoms with E-state index >= 15 is 0 Å². The van der Waals surface area contributed by atoms with E-state index in [0.29, 0.717) is 21.3 Å². The van der Waals surface area contributed by atoms with Gasteiger partial charge in [-0.2, -0.15) is 26.3 Å². The largest absolute Gasteiger partial charge is 0.416 e. The van der Waals surface area contributed by atoms with Crippen LogP contribution in [-0.2, 0) is 18.9 Å². The molecule has 0 spiro atoms. The van der Waals surface area contributed by atoms with E-state index in [-0.39, 0.29) is 18.3 Å². The summed E-state index contributed by atoms with van der Waals surface area (Å²) in [6.45, 7) is -0.0445. The van der Waals surface area contributed by atoms with Crippen LogP contribution in [0.1, 0.15) is 16.7 Å². The van der Waals surface area contributed by atoms with Gasteiger partial charge >= 0.3 is 12.4 Å². The van der Waals surface area contributed by atoms with Crippen molar-refractivity contribution in [3.8, 4) is 0 Å². The number of rotatable bonds is 3. The molecule has 0 heterocycles. The fourth-order valence-corrected chi connectivity index (χ4v) is 2.59. The first-order valence-electron chi connectivity index (χ1n) is 6.44. The standard InChI is InChI=1S/C15H9F7IN/c16-11-2-1-8(13(23)6-11)7-24-12-4-9(14(17,18)19)3-10(5-12)15(20,21)22/h1-6,24H,7H2. The number of benzene rings is 2. The maximum Gasteiger partial charge on any atom is 0.416 e. The van der Waals surface area contributed by atoms with Gasteiger partial charge in [-0.25, -0.2) is 4.39 Å². The molecule has 0 bridgehead atoms. The Kier molecular flexibility index (Phi) is 5.31. The highest BCUT2D eigenvalue weighted by atomic mass is 127. The quantitative estimate of drug-likeness (QED) is 0.430.